The van der Waals surface area contributed by atoms with Crippen molar-refractivity contribution in [3.63, 3.8) is 0 Å². The molecule has 1 aliphatic rings. The summed E-state index contributed by atoms with van der Waals surface area (Å²) in [5.74, 6) is 1.35. The Hall–Kier alpha value is -2.10. The number of aromatic hydroxyl groups is 1. The molecule has 0 radical (unpaired) electrons. The van der Waals surface area contributed by atoms with Crippen LogP contribution in [0.1, 0.15) is 30.1 Å². The zero-order valence-corrected chi connectivity index (χ0v) is 10.2. The lowest BCUT2D eigenvalue weighted by molar-refractivity contribution is 0.477. The maximum atomic E-state index is 9.71. The van der Waals surface area contributed by atoms with E-state index in [0.29, 0.717) is 17.6 Å². The lowest BCUT2D eigenvalue weighted by atomic mass is 10.2. The van der Waals surface area contributed by atoms with Gasteiger partial charge >= 0.3 is 0 Å². The van der Waals surface area contributed by atoms with E-state index >= 15 is 0 Å². The molecule has 4 heteroatoms. The van der Waals surface area contributed by atoms with Gasteiger partial charge in [-0.2, -0.15) is 0 Å². The predicted octanol–water partition coefficient (Wildman–Crippen LogP) is 3.11. The molecule has 2 aromatic rings. The van der Waals surface area contributed by atoms with Crippen molar-refractivity contribution in [1.29, 1.82) is 0 Å². The Balaban J connectivity index is 1.90. The van der Waals surface area contributed by atoms with Gasteiger partial charge in [0.15, 0.2) is 0 Å². The molecule has 1 fully saturated rings. The molecule has 1 saturated carbocycles. The van der Waals surface area contributed by atoms with Crippen LogP contribution >= 0.6 is 0 Å². The Kier molecular flexibility index (Phi) is 2.63. The number of rotatable bonds is 3. The lowest BCUT2D eigenvalue weighted by Crippen LogP contribution is -2.01. The minimum Gasteiger partial charge on any atom is -0.506 e. The zero-order chi connectivity index (χ0) is 12.5. The largest absolute Gasteiger partial charge is 0.506 e. The van der Waals surface area contributed by atoms with E-state index in [9.17, 15) is 5.11 Å². The van der Waals surface area contributed by atoms with Crippen molar-refractivity contribution in [2.75, 3.05) is 5.32 Å². The molecule has 1 heterocycles. The fourth-order valence-electron chi connectivity index (χ4n) is 1.94. The third-order valence-electron chi connectivity index (χ3n) is 3.02. The van der Waals surface area contributed by atoms with Gasteiger partial charge < -0.3 is 10.4 Å². The van der Waals surface area contributed by atoms with Gasteiger partial charge in [-0.25, -0.2) is 9.97 Å². The van der Waals surface area contributed by atoms with Gasteiger partial charge in [0.2, 0.25) is 5.95 Å². The van der Waals surface area contributed by atoms with Crippen molar-refractivity contribution in [2.24, 2.45) is 0 Å². The number of hydrogen-bond donors (Lipinski definition) is 2. The maximum absolute atomic E-state index is 9.71. The first-order chi connectivity index (χ1) is 8.72. The van der Waals surface area contributed by atoms with Gasteiger partial charge in [-0.3, -0.25) is 0 Å². The summed E-state index contributed by atoms with van der Waals surface area (Å²) in [6, 6.07) is 9.12. The van der Waals surface area contributed by atoms with Crippen LogP contribution in [0.5, 0.6) is 5.75 Å². The Labute approximate surface area is 106 Å². The van der Waals surface area contributed by atoms with E-state index in [1.807, 2.05) is 19.1 Å². The van der Waals surface area contributed by atoms with Gasteiger partial charge in [-0.05, 0) is 38.0 Å². The van der Waals surface area contributed by atoms with Crippen molar-refractivity contribution in [1.82, 2.24) is 9.97 Å². The van der Waals surface area contributed by atoms with Crippen LogP contribution in [0.25, 0.3) is 0 Å². The van der Waals surface area contributed by atoms with Gasteiger partial charge in [-0.1, -0.05) is 12.1 Å². The normalized spacial score (nSPS) is 14.5. The SMILES string of the molecule is Cc1cc(C2CC2)nc(Nc2ccccc2O)n1. The Morgan fingerprint density at radius 3 is 2.72 bits per heavy atom. The minimum absolute atomic E-state index is 0.204. The fourth-order valence-corrected chi connectivity index (χ4v) is 1.94. The maximum Gasteiger partial charge on any atom is 0.227 e. The molecule has 18 heavy (non-hydrogen) atoms. The van der Waals surface area contributed by atoms with Gasteiger partial charge in [0.25, 0.3) is 0 Å². The van der Waals surface area contributed by atoms with Crippen LogP contribution in [0.15, 0.2) is 30.3 Å². The number of para-hydroxylation sites is 2. The highest BCUT2D eigenvalue weighted by atomic mass is 16.3. The van der Waals surface area contributed by atoms with Gasteiger partial charge in [0.05, 0.1) is 5.69 Å². The summed E-state index contributed by atoms with van der Waals surface area (Å²) < 4.78 is 0. The monoisotopic (exact) mass is 241 g/mol. The number of nitrogens with one attached hydrogen (secondary N) is 1. The molecule has 1 aliphatic carbocycles. The van der Waals surface area contributed by atoms with Crippen molar-refractivity contribution < 1.29 is 5.11 Å². The molecular formula is C14H15N3O. The molecule has 0 spiro atoms. The highest BCUT2D eigenvalue weighted by molar-refractivity contribution is 5.61. The van der Waals surface area contributed by atoms with Crippen LogP contribution in [0.2, 0.25) is 0 Å². The average molecular weight is 241 g/mol. The number of phenols is 1. The Morgan fingerprint density at radius 1 is 1.22 bits per heavy atom. The molecule has 3 rings (SSSR count). The zero-order valence-electron chi connectivity index (χ0n) is 10.2. The number of nitrogens with zero attached hydrogens (tertiary/aromatic N) is 2. The quantitative estimate of drug-likeness (QED) is 0.811. The topological polar surface area (TPSA) is 58.0 Å². The molecule has 4 nitrogen and oxygen atoms in total. The highest BCUT2D eigenvalue weighted by Gasteiger charge is 2.25. The molecular weight excluding hydrogens is 226 g/mol. The summed E-state index contributed by atoms with van der Waals surface area (Å²) in [4.78, 5) is 8.85. The second-order valence-corrected chi connectivity index (χ2v) is 4.67. The predicted molar refractivity (Wildman–Crippen MR) is 70.1 cm³/mol. The fraction of sp³-hybridized carbons (Fsp3) is 0.286. The molecule has 0 bridgehead atoms. The number of benzene rings is 1. The number of aromatic nitrogens is 2. The van der Waals surface area contributed by atoms with E-state index in [-0.39, 0.29) is 5.75 Å². The smallest absolute Gasteiger partial charge is 0.227 e. The first-order valence-electron chi connectivity index (χ1n) is 6.13. The first kappa shape index (κ1) is 11.0. The van der Waals surface area contributed by atoms with E-state index in [2.05, 4.69) is 15.3 Å². The summed E-state index contributed by atoms with van der Waals surface area (Å²) in [6.07, 6.45) is 2.43. The van der Waals surface area contributed by atoms with Gasteiger partial charge in [0, 0.05) is 17.3 Å². The molecule has 2 N–H and O–H groups in total. The third-order valence-corrected chi connectivity index (χ3v) is 3.02. The van der Waals surface area contributed by atoms with Crippen molar-refractivity contribution >= 4 is 11.6 Å². The average Bonchev–Trinajstić information content (AvgIpc) is 3.15. The van der Waals surface area contributed by atoms with Crippen LogP contribution in [-0.2, 0) is 0 Å². The summed E-state index contributed by atoms with van der Waals surface area (Å²) in [6.45, 7) is 1.96. The molecule has 92 valence electrons. The standard InChI is InChI=1S/C14H15N3O/c1-9-8-12(10-6-7-10)17-14(15-9)16-11-4-2-3-5-13(11)18/h2-5,8,10,18H,6-7H2,1H3,(H,15,16,17). The molecule has 1 aromatic heterocycles. The Bertz CT molecular complexity index is 579. The minimum atomic E-state index is 0.204. The number of phenolic OH excluding ortho intramolecular Hbond substituents is 1. The van der Waals surface area contributed by atoms with E-state index in [1.54, 1.807) is 18.2 Å². The number of hydrogen-bond acceptors (Lipinski definition) is 4. The first-order valence-corrected chi connectivity index (χ1v) is 6.13. The molecule has 0 unspecified atom stereocenters. The van der Waals surface area contributed by atoms with E-state index in [4.69, 9.17) is 0 Å². The summed E-state index contributed by atoms with van der Waals surface area (Å²) in [5.41, 5.74) is 2.68. The number of aryl methyl sites for hydroxylation is 1. The van der Waals surface area contributed by atoms with Crippen LogP contribution in [0.3, 0.4) is 0 Å². The molecule has 0 atom stereocenters. The van der Waals surface area contributed by atoms with E-state index in [1.165, 1.54) is 12.8 Å². The van der Waals surface area contributed by atoms with Crippen LogP contribution in [-0.4, -0.2) is 15.1 Å². The van der Waals surface area contributed by atoms with Crippen LogP contribution < -0.4 is 5.32 Å². The van der Waals surface area contributed by atoms with Crippen LogP contribution in [0.4, 0.5) is 11.6 Å². The third kappa shape index (κ3) is 2.27. The molecule has 0 saturated heterocycles. The highest BCUT2D eigenvalue weighted by Crippen LogP contribution is 2.39. The lowest BCUT2D eigenvalue weighted by Gasteiger charge is -2.08. The molecule has 0 amide bonds. The van der Waals surface area contributed by atoms with Gasteiger partial charge in [-0.15, -0.1) is 0 Å². The van der Waals surface area contributed by atoms with Crippen molar-refractivity contribution in [2.45, 2.75) is 25.7 Å². The summed E-state index contributed by atoms with van der Waals surface area (Å²) in [5, 5.41) is 12.8. The Morgan fingerprint density at radius 2 is 2.00 bits per heavy atom. The second kappa shape index (κ2) is 4.29. The second-order valence-electron chi connectivity index (χ2n) is 4.67. The number of anilines is 2. The van der Waals surface area contributed by atoms with Crippen LogP contribution in [0, 0.1) is 6.92 Å². The molecule has 1 aromatic carbocycles. The van der Waals surface area contributed by atoms with Crippen molar-refractivity contribution in [3.8, 4) is 5.75 Å². The van der Waals surface area contributed by atoms with Crippen molar-refractivity contribution in [3.05, 3.63) is 41.7 Å². The van der Waals surface area contributed by atoms with E-state index < -0.39 is 0 Å². The van der Waals surface area contributed by atoms with E-state index in [0.717, 1.165) is 11.4 Å². The summed E-state index contributed by atoms with van der Waals surface area (Å²) >= 11 is 0. The van der Waals surface area contributed by atoms with Gasteiger partial charge in [0.1, 0.15) is 5.75 Å². The summed E-state index contributed by atoms with van der Waals surface area (Å²) in [7, 11) is 0. The molecule has 0 aliphatic heterocycles.